The molecule has 1 aliphatic heterocycles. The summed E-state index contributed by atoms with van der Waals surface area (Å²) in [6.45, 7) is 11.0. The van der Waals surface area contributed by atoms with Gasteiger partial charge in [0.2, 0.25) is 0 Å². The molecule has 5 rings (SSSR count). The van der Waals surface area contributed by atoms with Crippen LogP contribution in [0.3, 0.4) is 0 Å². The number of halogens is 1. The van der Waals surface area contributed by atoms with Gasteiger partial charge in [0.05, 0.1) is 24.3 Å². The van der Waals surface area contributed by atoms with Gasteiger partial charge in [0, 0.05) is 73.1 Å². The van der Waals surface area contributed by atoms with Crippen molar-refractivity contribution in [2.24, 2.45) is 0 Å². The second-order valence-corrected chi connectivity index (χ2v) is 10.8. The monoisotopic (exact) mass is 592 g/mol. The lowest BCUT2D eigenvalue weighted by Crippen LogP contribution is -2.49. The Morgan fingerprint density at radius 3 is 2.49 bits per heavy atom. The van der Waals surface area contributed by atoms with Gasteiger partial charge < -0.3 is 19.1 Å². The van der Waals surface area contributed by atoms with Gasteiger partial charge in [0.15, 0.2) is 0 Å². The zero-order valence-electron chi connectivity index (χ0n) is 22.5. The van der Waals surface area contributed by atoms with Crippen LogP contribution in [0.15, 0.2) is 64.1 Å². The standard InChI is InChI=1S/C29H33BrN6O3/c1-20-4-5-23(29-21(2)32-39-22(29)3)16-27(20)36(15-14-33-10-12-34(13-11-33)18-28(37)38)24-6-7-26(25(30)17-24)35-9-8-31-19-35/h4-9,16-17,19H,10-15,18H2,1-3H3,(H,37,38). The fourth-order valence-corrected chi connectivity index (χ4v) is 5.79. The lowest BCUT2D eigenvalue weighted by Gasteiger charge is -2.36. The summed E-state index contributed by atoms with van der Waals surface area (Å²) in [7, 11) is 0. The largest absolute Gasteiger partial charge is 0.480 e. The molecule has 3 heterocycles. The SMILES string of the molecule is Cc1ccc(-c2c(C)noc2C)cc1N(CCN1CCN(CC(=O)O)CC1)c1ccc(-n2ccnc2)c(Br)c1. The molecule has 0 radical (unpaired) electrons. The predicted octanol–water partition coefficient (Wildman–Crippen LogP) is 5.06. The fraction of sp³-hybridized carbons (Fsp3) is 0.345. The number of piperazine rings is 1. The Labute approximate surface area is 236 Å². The first-order valence-corrected chi connectivity index (χ1v) is 13.9. The van der Waals surface area contributed by atoms with Crippen LogP contribution in [0.1, 0.15) is 17.0 Å². The number of hydrogen-bond acceptors (Lipinski definition) is 7. The summed E-state index contributed by atoms with van der Waals surface area (Å²) in [5.41, 5.74) is 7.38. The molecule has 39 heavy (non-hydrogen) atoms. The fourth-order valence-electron chi connectivity index (χ4n) is 5.22. The van der Waals surface area contributed by atoms with Crippen molar-refractivity contribution in [2.75, 3.05) is 50.7 Å². The molecule has 0 amide bonds. The average Bonchev–Trinajstić information content (AvgIpc) is 3.56. The molecule has 9 nitrogen and oxygen atoms in total. The van der Waals surface area contributed by atoms with E-state index < -0.39 is 5.97 Å². The number of anilines is 2. The Balaban J connectivity index is 1.45. The molecule has 204 valence electrons. The number of carbonyl (C=O) groups is 1. The first kappa shape index (κ1) is 27.1. The smallest absolute Gasteiger partial charge is 0.317 e. The Hall–Kier alpha value is -3.47. The minimum atomic E-state index is -0.770. The third-order valence-electron chi connectivity index (χ3n) is 7.31. The second kappa shape index (κ2) is 11.7. The van der Waals surface area contributed by atoms with Crippen molar-refractivity contribution >= 4 is 33.3 Å². The van der Waals surface area contributed by atoms with E-state index in [1.165, 1.54) is 5.56 Å². The number of nitrogens with zero attached hydrogens (tertiary/aromatic N) is 6. The molecule has 4 aromatic rings. The van der Waals surface area contributed by atoms with E-state index in [1.54, 1.807) is 12.5 Å². The van der Waals surface area contributed by atoms with Crippen molar-refractivity contribution in [2.45, 2.75) is 20.8 Å². The zero-order valence-corrected chi connectivity index (χ0v) is 24.1. The molecule has 0 aliphatic carbocycles. The third-order valence-corrected chi connectivity index (χ3v) is 7.95. The average molecular weight is 594 g/mol. The van der Waals surface area contributed by atoms with E-state index in [0.717, 1.165) is 83.4 Å². The quantitative estimate of drug-likeness (QED) is 0.288. The Morgan fingerprint density at radius 1 is 1.08 bits per heavy atom. The van der Waals surface area contributed by atoms with Gasteiger partial charge in [-0.3, -0.25) is 14.6 Å². The molecule has 2 aromatic carbocycles. The highest BCUT2D eigenvalue weighted by Gasteiger charge is 2.22. The minimum absolute atomic E-state index is 0.102. The predicted molar refractivity (Wildman–Crippen MR) is 155 cm³/mol. The number of benzene rings is 2. The van der Waals surface area contributed by atoms with Gasteiger partial charge in [0.1, 0.15) is 5.76 Å². The van der Waals surface area contributed by atoms with Crippen molar-refractivity contribution in [1.82, 2.24) is 24.5 Å². The Morgan fingerprint density at radius 2 is 1.85 bits per heavy atom. The summed E-state index contributed by atoms with van der Waals surface area (Å²) in [4.78, 5) is 22.1. The summed E-state index contributed by atoms with van der Waals surface area (Å²) in [5, 5.41) is 13.3. The molecule has 0 unspecified atom stereocenters. The number of aromatic nitrogens is 3. The normalized spacial score (nSPS) is 14.6. The Bertz CT molecular complexity index is 1420. The molecule has 1 saturated heterocycles. The highest BCUT2D eigenvalue weighted by Crippen LogP contribution is 2.36. The molecule has 2 aromatic heterocycles. The Kier molecular flexibility index (Phi) is 8.15. The number of carboxylic acid groups (broad SMARTS) is 1. The van der Waals surface area contributed by atoms with Crippen LogP contribution >= 0.6 is 15.9 Å². The molecule has 0 spiro atoms. The molecule has 0 saturated carbocycles. The summed E-state index contributed by atoms with van der Waals surface area (Å²) >= 11 is 3.79. The van der Waals surface area contributed by atoms with Gasteiger partial charge in [-0.15, -0.1) is 0 Å². The number of hydrogen-bond donors (Lipinski definition) is 1. The van der Waals surface area contributed by atoms with E-state index in [1.807, 2.05) is 29.5 Å². The first-order chi connectivity index (χ1) is 18.8. The number of rotatable bonds is 9. The number of aliphatic carboxylic acids is 1. The van der Waals surface area contributed by atoms with Gasteiger partial charge >= 0.3 is 5.97 Å². The molecule has 10 heteroatoms. The van der Waals surface area contributed by atoms with Crippen molar-refractivity contribution in [3.63, 3.8) is 0 Å². The molecule has 0 atom stereocenters. The van der Waals surface area contributed by atoms with Crippen LogP contribution in [0.25, 0.3) is 16.8 Å². The zero-order chi connectivity index (χ0) is 27.5. The van der Waals surface area contributed by atoms with Crippen LogP contribution in [0, 0.1) is 20.8 Å². The lowest BCUT2D eigenvalue weighted by atomic mass is 10.0. The number of imidazole rings is 1. The maximum Gasteiger partial charge on any atom is 0.317 e. The van der Waals surface area contributed by atoms with E-state index >= 15 is 0 Å². The summed E-state index contributed by atoms with van der Waals surface area (Å²) < 4.78 is 8.43. The molecular weight excluding hydrogens is 560 g/mol. The molecule has 1 aliphatic rings. The summed E-state index contributed by atoms with van der Waals surface area (Å²) in [6.07, 6.45) is 5.49. The molecule has 0 bridgehead atoms. The van der Waals surface area contributed by atoms with E-state index in [9.17, 15) is 4.79 Å². The van der Waals surface area contributed by atoms with Crippen LogP contribution in [0.5, 0.6) is 0 Å². The van der Waals surface area contributed by atoms with Crippen molar-refractivity contribution in [3.8, 4) is 16.8 Å². The first-order valence-electron chi connectivity index (χ1n) is 13.1. The summed E-state index contributed by atoms with van der Waals surface area (Å²) in [6, 6.07) is 12.9. The van der Waals surface area contributed by atoms with E-state index in [2.05, 4.69) is 79.2 Å². The van der Waals surface area contributed by atoms with E-state index in [0.29, 0.717) is 0 Å². The summed E-state index contributed by atoms with van der Waals surface area (Å²) in [5.74, 6) is 0.0357. The minimum Gasteiger partial charge on any atom is -0.480 e. The highest BCUT2D eigenvalue weighted by molar-refractivity contribution is 9.10. The highest BCUT2D eigenvalue weighted by atomic mass is 79.9. The topological polar surface area (TPSA) is 90.9 Å². The molecular formula is C29H33BrN6O3. The van der Waals surface area contributed by atoms with Crippen molar-refractivity contribution in [1.29, 1.82) is 0 Å². The number of carboxylic acids is 1. The molecule has 1 N–H and O–H groups in total. The van der Waals surface area contributed by atoms with Crippen LogP contribution in [0.2, 0.25) is 0 Å². The van der Waals surface area contributed by atoms with Gasteiger partial charge in [-0.25, -0.2) is 4.98 Å². The van der Waals surface area contributed by atoms with Gasteiger partial charge in [-0.2, -0.15) is 0 Å². The van der Waals surface area contributed by atoms with Crippen LogP contribution in [0.4, 0.5) is 11.4 Å². The molecule has 1 fully saturated rings. The van der Waals surface area contributed by atoms with Gasteiger partial charge in [0.25, 0.3) is 0 Å². The van der Waals surface area contributed by atoms with E-state index in [4.69, 9.17) is 9.63 Å². The van der Waals surface area contributed by atoms with Crippen LogP contribution < -0.4 is 4.90 Å². The maximum absolute atomic E-state index is 11.1. The van der Waals surface area contributed by atoms with E-state index in [-0.39, 0.29) is 6.54 Å². The lowest BCUT2D eigenvalue weighted by molar-refractivity contribution is -0.138. The van der Waals surface area contributed by atoms with Gasteiger partial charge in [-0.1, -0.05) is 17.3 Å². The van der Waals surface area contributed by atoms with Crippen LogP contribution in [-0.2, 0) is 4.79 Å². The van der Waals surface area contributed by atoms with Crippen LogP contribution in [-0.4, -0.2) is 81.4 Å². The van der Waals surface area contributed by atoms with Gasteiger partial charge in [-0.05, 0) is 72.1 Å². The third kappa shape index (κ3) is 6.08. The second-order valence-electron chi connectivity index (χ2n) is 9.97. The van der Waals surface area contributed by atoms with Crippen molar-refractivity contribution < 1.29 is 14.4 Å². The number of aryl methyl sites for hydroxylation is 3. The van der Waals surface area contributed by atoms with Crippen molar-refractivity contribution in [3.05, 3.63) is 76.6 Å². The maximum atomic E-state index is 11.1.